The number of likely N-dealkylation sites (tertiary alicyclic amines) is 1. The number of unbranched alkanes of at least 4 members (excludes halogenated alkanes) is 1. The zero-order valence-corrected chi connectivity index (χ0v) is 14.5. The van der Waals surface area contributed by atoms with Crippen LogP contribution in [0.2, 0.25) is 0 Å². The highest BCUT2D eigenvalue weighted by molar-refractivity contribution is 5.79. The Hall–Kier alpha value is -0.810. The molecule has 22 heavy (non-hydrogen) atoms. The number of hydrogen-bond donors (Lipinski definition) is 2. The molecule has 0 saturated carbocycles. The monoisotopic (exact) mass is 310 g/mol. The number of hydrogen-bond acceptors (Lipinski definition) is 3. The van der Waals surface area contributed by atoms with Gasteiger partial charge in [-0.25, -0.2) is 0 Å². The van der Waals surface area contributed by atoms with E-state index in [4.69, 9.17) is 9.73 Å². The molecule has 5 nitrogen and oxygen atoms in total. The van der Waals surface area contributed by atoms with Crippen molar-refractivity contribution in [2.45, 2.75) is 57.9 Å². The minimum Gasteiger partial charge on any atom is -0.381 e. The predicted octanol–water partition coefficient (Wildman–Crippen LogP) is 1.99. The average Bonchev–Trinajstić information content (AvgIpc) is 3.09. The van der Waals surface area contributed by atoms with Gasteiger partial charge < -0.3 is 15.4 Å². The molecule has 0 unspecified atom stereocenters. The smallest absolute Gasteiger partial charge is 0.191 e. The summed E-state index contributed by atoms with van der Waals surface area (Å²) in [5.41, 5.74) is 0.224. The number of ether oxygens (including phenoxy) is 1. The van der Waals surface area contributed by atoms with Crippen molar-refractivity contribution in [1.82, 2.24) is 15.5 Å². The van der Waals surface area contributed by atoms with Crippen molar-refractivity contribution < 1.29 is 4.74 Å². The maximum atomic E-state index is 5.61. The van der Waals surface area contributed by atoms with E-state index in [-0.39, 0.29) is 5.54 Å². The lowest BCUT2D eigenvalue weighted by molar-refractivity contribution is -0.0139. The summed E-state index contributed by atoms with van der Waals surface area (Å²) in [6.07, 6.45) is 7.30. The second-order valence-electron chi connectivity index (χ2n) is 6.51. The SMILES string of the molecule is CCCCNC(=NCC1(N2CCCC2)CCOCC1)NCC. The van der Waals surface area contributed by atoms with Gasteiger partial charge in [-0.05, 0) is 52.1 Å². The van der Waals surface area contributed by atoms with Crippen LogP contribution in [0.3, 0.4) is 0 Å². The van der Waals surface area contributed by atoms with Crippen LogP contribution in [-0.2, 0) is 4.74 Å². The lowest BCUT2D eigenvalue weighted by atomic mass is 9.88. The molecule has 0 bridgehead atoms. The van der Waals surface area contributed by atoms with Crippen LogP contribution in [-0.4, -0.2) is 62.3 Å². The average molecular weight is 310 g/mol. The Labute approximate surface area is 135 Å². The molecule has 2 rings (SSSR count). The second-order valence-corrected chi connectivity index (χ2v) is 6.51. The van der Waals surface area contributed by atoms with Gasteiger partial charge in [0.05, 0.1) is 6.54 Å². The van der Waals surface area contributed by atoms with Gasteiger partial charge in [-0.2, -0.15) is 0 Å². The van der Waals surface area contributed by atoms with Crippen molar-refractivity contribution in [1.29, 1.82) is 0 Å². The third kappa shape index (κ3) is 4.85. The molecule has 5 heteroatoms. The minimum atomic E-state index is 0.224. The zero-order chi connectivity index (χ0) is 15.7. The normalized spacial score (nSPS) is 22.7. The van der Waals surface area contributed by atoms with Crippen LogP contribution in [0, 0.1) is 0 Å². The fraction of sp³-hybridized carbons (Fsp3) is 0.941. The Morgan fingerprint density at radius 3 is 2.50 bits per heavy atom. The summed E-state index contributed by atoms with van der Waals surface area (Å²) < 4.78 is 5.61. The highest BCUT2D eigenvalue weighted by Crippen LogP contribution is 2.31. The molecule has 2 saturated heterocycles. The van der Waals surface area contributed by atoms with E-state index in [1.165, 1.54) is 38.8 Å². The lowest BCUT2D eigenvalue weighted by Crippen LogP contribution is -2.54. The quantitative estimate of drug-likeness (QED) is 0.429. The van der Waals surface area contributed by atoms with Crippen LogP contribution >= 0.6 is 0 Å². The van der Waals surface area contributed by atoms with Gasteiger partial charge in [-0.3, -0.25) is 9.89 Å². The van der Waals surface area contributed by atoms with Gasteiger partial charge >= 0.3 is 0 Å². The molecule has 0 spiro atoms. The third-order valence-corrected chi connectivity index (χ3v) is 4.90. The van der Waals surface area contributed by atoms with Crippen LogP contribution in [0.15, 0.2) is 4.99 Å². The molecule has 0 atom stereocenters. The van der Waals surface area contributed by atoms with Crippen molar-refractivity contribution in [3.05, 3.63) is 0 Å². The van der Waals surface area contributed by atoms with E-state index in [0.29, 0.717) is 0 Å². The standard InChI is InChI=1S/C17H34N4O/c1-3-5-10-19-16(18-4-2)20-15-17(8-13-22-14-9-17)21-11-6-7-12-21/h3-15H2,1-2H3,(H2,18,19,20). The Morgan fingerprint density at radius 2 is 1.86 bits per heavy atom. The van der Waals surface area contributed by atoms with Gasteiger partial charge in [0, 0.05) is 31.8 Å². The number of nitrogens with one attached hydrogen (secondary N) is 2. The van der Waals surface area contributed by atoms with Crippen molar-refractivity contribution in [3.8, 4) is 0 Å². The number of guanidine groups is 1. The van der Waals surface area contributed by atoms with Crippen LogP contribution in [0.25, 0.3) is 0 Å². The molecule has 0 aliphatic carbocycles. The van der Waals surface area contributed by atoms with Crippen molar-refractivity contribution in [2.75, 3.05) is 45.9 Å². The van der Waals surface area contributed by atoms with E-state index in [0.717, 1.165) is 51.6 Å². The highest BCUT2D eigenvalue weighted by Gasteiger charge is 2.39. The Balaban J connectivity index is 1.98. The number of rotatable bonds is 7. The topological polar surface area (TPSA) is 48.9 Å². The highest BCUT2D eigenvalue weighted by atomic mass is 16.5. The lowest BCUT2D eigenvalue weighted by Gasteiger charge is -2.43. The van der Waals surface area contributed by atoms with Crippen molar-refractivity contribution in [2.24, 2.45) is 4.99 Å². The molecule has 2 N–H and O–H groups in total. The van der Waals surface area contributed by atoms with Crippen LogP contribution in [0.4, 0.5) is 0 Å². The summed E-state index contributed by atoms with van der Waals surface area (Å²) in [4.78, 5) is 7.60. The molecule has 0 aromatic rings. The molecule has 0 aromatic carbocycles. The molecule has 0 radical (unpaired) electrons. The van der Waals surface area contributed by atoms with Crippen LogP contribution in [0.5, 0.6) is 0 Å². The largest absolute Gasteiger partial charge is 0.381 e. The summed E-state index contributed by atoms with van der Waals surface area (Å²) >= 11 is 0. The van der Waals surface area contributed by atoms with Gasteiger partial charge in [0.25, 0.3) is 0 Å². The molecule has 2 heterocycles. The van der Waals surface area contributed by atoms with Crippen molar-refractivity contribution >= 4 is 5.96 Å². The fourth-order valence-corrected chi connectivity index (χ4v) is 3.47. The van der Waals surface area contributed by atoms with Gasteiger partial charge in [-0.1, -0.05) is 13.3 Å². The first-order valence-corrected chi connectivity index (χ1v) is 9.16. The van der Waals surface area contributed by atoms with E-state index in [1.54, 1.807) is 0 Å². The minimum absolute atomic E-state index is 0.224. The summed E-state index contributed by atoms with van der Waals surface area (Å²) in [5, 5.41) is 6.84. The molecule has 0 aromatic heterocycles. The molecule has 2 aliphatic rings. The second kappa shape index (κ2) is 9.36. The van der Waals surface area contributed by atoms with E-state index in [9.17, 15) is 0 Å². The fourth-order valence-electron chi connectivity index (χ4n) is 3.47. The van der Waals surface area contributed by atoms with Crippen LogP contribution < -0.4 is 10.6 Å². The van der Waals surface area contributed by atoms with E-state index < -0.39 is 0 Å². The first-order valence-electron chi connectivity index (χ1n) is 9.16. The summed E-state index contributed by atoms with van der Waals surface area (Å²) in [6.45, 7) is 11.4. The summed E-state index contributed by atoms with van der Waals surface area (Å²) in [5.74, 6) is 0.973. The van der Waals surface area contributed by atoms with Gasteiger partial charge in [-0.15, -0.1) is 0 Å². The molecule has 0 amide bonds. The number of aliphatic imine (C=N–C) groups is 1. The van der Waals surface area contributed by atoms with E-state index in [2.05, 4.69) is 29.4 Å². The Bertz CT molecular complexity index is 334. The van der Waals surface area contributed by atoms with E-state index >= 15 is 0 Å². The maximum absolute atomic E-state index is 5.61. The number of nitrogens with zero attached hydrogens (tertiary/aromatic N) is 2. The zero-order valence-electron chi connectivity index (χ0n) is 14.5. The van der Waals surface area contributed by atoms with Gasteiger partial charge in [0.15, 0.2) is 5.96 Å². The third-order valence-electron chi connectivity index (χ3n) is 4.90. The van der Waals surface area contributed by atoms with Gasteiger partial charge in [0.1, 0.15) is 0 Å². The Morgan fingerprint density at radius 1 is 1.14 bits per heavy atom. The molecule has 2 fully saturated rings. The maximum Gasteiger partial charge on any atom is 0.191 e. The molecule has 2 aliphatic heterocycles. The summed E-state index contributed by atoms with van der Waals surface area (Å²) in [6, 6.07) is 0. The van der Waals surface area contributed by atoms with Crippen LogP contribution in [0.1, 0.15) is 52.4 Å². The first kappa shape index (κ1) is 17.5. The van der Waals surface area contributed by atoms with Crippen molar-refractivity contribution in [3.63, 3.8) is 0 Å². The van der Waals surface area contributed by atoms with Gasteiger partial charge in [0.2, 0.25) is 0 Å². The van der Waals surface area contributed by atoms with E-state index in [1.807, 2.05) is 0 Å². The Kier molecular flexibility index (Phi) is 7.46. The summed E-state index contributed by atoms with van der Waals surface area (Å²) in [7, 11) is 0. The molecular formula is C17H34N4O. The first-order chi connectivity index (χ1) is 10.8. The predicted molar refractivity (Wildman–Crippen MR) is 92.5 cm³/mol. The molecule has 128 valence electrons. The molecular weight excluding hydrogens is 276 g/mol.